The number of ether oxygens (including phenoxy) is 1. The second kappa shape index (κ2) is 9.06. The molecule has 1 aromatic carbocycles. The summed E-state index contributed by atoms with van der Waals surface area (Å²) in [5.41, 5.74) is 1.72. The van der Waals surface area contributed by atoms with Gasteiger partial charge in [0, 0.05) is 44.0 Å². The summed E-state index contributed by atoms with van der Waals surface area (Å²) in [5, 5.41) is 4.11. The Morgan fingerprint density at radius 2 is 1.65 bits per heavy atom. The molecule has 7 heteroatoms. The van der Waals surface area contributed by atoms with Crippen molar-refractivity contribution in [2.24, 2.45) is 0 Å². The van der Waals surface area contributed by atoms with Crippen LogP contribution in [-0.4, -0.2) is 59.4 Å². The number of aromatic nitrogens is 3. The first kappa shape index (κ1) is 20.0. The standard InChI is InChI=1S/C24H29N5O2/c1-30-21-10-7-18(8-11-21)23-26-24(31-27-23)19-9-12-22(25-17-19)29-15-13-28(14-16-29)20-5-3-2-4-6-20/h7-12,17,20H,2-6,13-16H2,1H3. The molecule has 31 heavy (non-hydrogen) atoms. The molecule has 0 spiro atoms. The lowest BCUT2D eigenvalue weighted by atomic mass is 9.94. The molecular weight excluding hydrogens is 390 g/mol. The van der Waals surface area contributed by atoms with Crippen molar-refractivity contribution in [3.8, 4) is 28.6 Å². The molecule has 1 saturated carbocycles. The third kappa shape index (κ3) is 4.42. The molecule has 2 aliphatic rings. The molecular formula is C24H29N5O2. The van der Waals surface area contributed by atoms with E-state index in [4.69, 9.17) is 9.26 Å². The Bertz CT molecular complexity index is 972. The fourth-order valence-electron chi connectivity index (χ4n) is 4.66. The minimum absolute atomic E-state index is 0.479. The van der Waals surface area contributed by atoms with Crippen LogP contribution in [0.5, 0.6) is 5.75 Å². The zero-order valence-corrected chi connectivity index (χ0v) is 18.0. The molecule has 7 nitrogen and oxygen atoms in total. The molecule has 3 heterocycles. The molecule has 2 aromatic heterocycles. The largest absolute Gasteiger partial charge is 0.497 e. The highest BCUT2D eigenvalue weighted by Gasteiger charge is 2.25. The van der Waals surface area contributed by atoms with E-state index < -0.39 is 0 Å². The van der Waals surface area contributed by atoms with Gasteiger partial charge in [0.05, 0.1) is 12.7 Å². The van der Waals surface area contributed by atoms with Crippen LogP contribution in [0, 0.1) is 0 Å². The summed E-state index contributed by atoms with van der Waals surface area (Å²) in [7, 11) is 1.65. The van der Waals surface area contributed by atoms with Crippen molar-refractivity contribution in [1.29, 1.82) is 0 Å². The maximum atomic E-state index is 5.48. The van der Waals surface area contributed by atoms with Crippen molar-refractivity contribution in [3.05, 3.63) is 42.6 Å². The molecule has 0 atom stereocenters. The van der Waals surface area contributed by atoms with Crippen LogP contribution in [0.1, 0.15) is 32.1 Å². The topological polar surface area (TPSA) is 67.5 Å². The zero-order chi connectivity index (χ0) is 21.0. The second-order valence-electron chi connectivity index (χ2n) is 8.37. The van der Waals surface area contributed by atoms with Crippen molar-refractivity contribution < 1.29 is 9.26 Å². The highest BCUT2D eigenvalue weighted by Crippen LogP contribution is 2.26. The van der Waals surface area contributed by atoms with E-state index in [1.807, 2.05) is 36.5 Å². The lowest BCUT2D eigenvalue weighted by Crippen LogP contribution is -2.51. The summed E-state index contributed by atoms with van der Waals surface area (Å²) in [6, 6.07) is 12.5. The van der Waals surface area contributed by atoms with E-state index in [0.717, 1.165) is 54.9 Å². The van der Waals surface area contributed by atoms with Crippen molar-refractivity contribution in [2.75, 3.05) is 38.2 Å². The number of hydrogen-bond donors (Lipinski definition) is 0. The predicted molar refractivity (Wildman–Crippen MR) is 120 cm³/mol. The number of rotatable bonds is 5. The number of pyridine rings is 1. The molecule has 5 rings (SSSR count). The van der Waals surface area contributed by atoms with Crippen LogP contribution < -0.4 is 9.64 Å². The van der Waals surface area contributed by atoms with Crippen LogP contribution in [-0.2, 0) is 0 Å². The first-order valence-electron chi connectivity index (χ1n) is 11.2. The van der Waals surface area contributed by atoms with Crippen molar-refractivity contribution in [3.63, 3.8) is 0 Å². The van der Waals surface area contributed by atoms with Crippen LogP contribution >= 0.6 is 0 Å². The van der Waals surface area contributed by atoms with Gasteiger partial charge in [0.15, 0.2) is 0 Å². The minimum atomic E-state index is 0.479. The summed E-state index contributed by atoms with van der Waals surface area (Å²) >= 11 is 0. The lowest BCUT2D eigenvalue weighted by Gasteiger charge is -2.41. The van der Waals surface area contributed by atoms with E-state index in [9.17, 15) is 0 Å². The molecule has 0 bridgehead atoms. The third-order valence-corrected chi connectivity index (χ3v) is 6.50. The monoisotopic (exact) mass is 419 g/mol. The molecule has 3 aromatic rings. The molecule has 2 fully saturated rings. The van der Waals surface area contributed by atoms with Crippen LogP contribution in [0.15, 0.2) is 47.1 Å². The number of anilines is 1. The Balaban J connectivity index is 1.22. The van der Waals surface area contributed by atoms with Crippen LogP contribution in [0.25, 0.3) is 22.8 Å². The van der Waals surface area contributed by atoms with E-state index in [1.165, 1.54) is 32.1 Å². The van der Waals surface area contributed by atoms with Crippen molar-refractivity contribution >= 4 is 5.82 Å². The number of nitrogens with zero attached hydrogens (tertiary/aromatic N) is 5. The number of benzene rings is 1. The molecule has 0 unspecified atom stereocenters. The highest BCUT2D eigenvalue weighted by molar-refractivity contribution is 5.61. The van der Waals surface area contributed by atoms with E-state index >= 15 is 0 Å². The molecule has 162 valence electrons. The normalized spacial score (nSPS) is 18.3. The fourth-order valence-corrected chi connectivity index (χ4v) is 4.66. The van der Waals surface area contributed by atoms with Crippen molar-refractivity contribution in [1.82, 2.24) is 20.0 Å². The number of hydrogen-bond acceptors (Lipinski definition) is 7. The van der Waals surface area contributed by atoms with Gasteiger partial charge in [-0.25, -0.2) is 4.98 Å². The average Bonchev–Trinajstić information content (AvgIpc) is 3.35. The maximum absolute atomic E-state index is 5.48. The van der Waals surface area contributed by atoms with Crippen LogP contribution in [0.2, 0.25) is 0 Å². The molecule has 1 aliphatic heterocycles. The Morgan fingerprint density at radius 3 is 2.32 bits per heavy atom. The van der Waals surface area contributed by atoms with Gasteiger partial charge in [-0.05, 0) is 49.2 Å². The Kier molecular flexibility index (Phi) is 5.84. The van der Waals surface area contributed by atoms with Gasteiger partial charge in [0.25, 0.3) is 5.89 Å². The van der Waals surface area contributed by atoms with Crippen LogP contribution in [0.4, 0.5) is 5.82 Å². The van der Waals surface area contributed by atoms with Gasteiger partial charge in [-0.1, -0.05) is 24.4 Å². The summed E-state index contributed by atoms with van der Waals surface area (Å²) in [4.78, 5) is 14.3. The average molecular weight is 420 g/mol. The first-order chi connectivity index (χ1) is 15.3. The lowest BCUT2D eigenvalue weighted by molar-refractivity contribution is 0.147. The Labute approximate surface area is 183 Å². The van der Waals surface area contributed by atoms with Gasteiger partial charge < -0.3 is 14.2 Å². The van der Waals surface area contributed by atoms with Crippen LogP contribution in [0.3, 0.4) is 0 Å². The molecule has 0 radical (unpaired) electrons. The summed E-state index contributed by atoms with van der Waals surface area (Å²) in [6.45, 7) is 4.32. The molecule has 1 saturated heterocycles. The second-order valence-corrected chi connectivity index (χ2v) is 8.37. The van der Waals surface area contributed by atoms with Gasteiger partial charge in [-0.3, -0.25) is 4.90 Å². The first-order valence-corrected chi connectivity index (χ1v) is 11.2. The number of methoxy groups -OCH3 is 1. The van der Waals surface area contributed by atoms with Gasteiger partial charge in [0.1, 0.15) is 11.6 Å². The minimum Gasteiger partial charge on any atom is -0.497 e. The molecule has 0 amide bonds. The fraction of sp³-hybridized carbons (Fsp3) is 0.458. The van der Waals surface area contributed by atoms with Gasteiger partial charge in [-0.2, -0.15) is 4.98 Å². The van der Waals surface area contributed by atoms with Gasteiger partial charge in [-0.15, -0.1) is 0 Å². The molecule has 0 N–H and O–H groups in total. The number of piperazine rings is 1. The predicted octanol–water partition coefficient (Wildman–Crippen LogP) is 4.26. The Morgan fingerprint density at radius 1 is 0.903 bits per heavy atom. The zero-order valence-electron chi connectivity index (χ0n) is 18.0. The van der Waals surface area contributed by atoms with E-state index in [2.05, 4.69) is 31.0 Å². The smallest absolute Gasteiger partial charge is 0.259 e. The molecule has 1 aliphatic carbocycles. The SMILES string of the molecule is COc1ccc(-c2noc(-c3ccc(N4CCN(C5CCCCC5)CC4)nc3)n2)cc1. The van der Waals surface area contributed by atoms with Gasteiger partial charge >= 0.3 is 0 Å². The van der Waals surface area contributed by atoms with E-state index in [-0.39, 0.29) is 0 Å². The Hall–Kier alpha value is -2.93. The quantitative estimate of drug-likeness (QED) is 0.612. The third-order valence-electron chi connectivity index (χ3n) is 6.50. The van der Waals surface area contributed by atoms with Gasteiger partial charge in [0.2, 0.25) is 5.82 Å². The van der Waals surface area contributed by atoms with E-state index in [1.54, 1.807) is 7.11 Å². The van der Waals surface area contributed by atoms with Crippen molar-refractivity contribution in [2.45, 2.75) is 38.1 Å². The summed E-state index contributed by atoms with van der Waals surface area (Å²) in [6.07, 6.45) is 8.77. The van der Waals surface area contributed by atoms with E-state index in [0.29, 0.717) is 11.7 Å². The maximum Gasteiger partial charge on any atom is 0.259 e. The summed E-state index contributed by atoms with van der Waals surface area (Å²) < 4.78 is 10.7. The summed E-state index contributed by atoms with van der Waals surface area (Å²) in [5.74, 6) is 2.85. The highest BCUT2D eigenvalue weighted by atomic mass is 16.5.